The smallest absolute Gasteiger partial charge is 0.237 e. The quantitative estimate of drug-likeness (QED) is 0.509. The van der Waals surface area contributed by atoms with E-state index >= 15 is 0 Å². The van der Waals surface area contributed by atoms with Crippen LogP contribution in [0.1, 0.15) is 36.0 Å². The number of thiophene rings is 1. The van der Waals surface area contributed by atoms with Crippen molar-refractivity contribution < 1.29 is 4.79 Å². The van der Waals surface area contributed by atoms with Crippen molar-refractivity contribution in [3.05, 3.63) is 46.6 Å². The highest BCUT2D eigenvalue weighted by atomic mass is 32.2. The van der Waals surface area contributed by atoms with Gasteiger partial charge >= 0.3 is 0 Å². The van der Waals surface area contributed by atoms with Crippen molar-refractivity contribution in [1.82, 2.24) is 9.97 Å². The van der Waals surface area contributed by atoms with Gasteiger partial charge in [-0.3, -0.25) is 4.79 Å². The predicted octanol–water partition coefficient (Wildman–Crippen LogP) is 5.00. The second-order valence-electron chi connectivity index (χ2n) is 6.58. The highest BCUT2D eigenvalue weighted by molar-refractivity contribution is 8.00. The molecular formula is C20H21N3OS2. The molecule has 0 spiro atoms. The number of anilines is 1. The van der Waals surface area contributed by atoms with E-state index in [1.165, 1.54) is 40.4 Å². The number of aryl methyl sites for hydroxylation is 3. The summed E-state index contributed by atoms with van der Waals surface area (Å²) in [6.45, 7) is 3.86. The van der Waals surface area contributed by atoms with Gasteiger partial charge in [-0.05, 0) is 57.2 Å². The molecule has 0 saturated heterocycles. The fourth-order valence-electron chi connectivity index (χ4n) is 3.30. The van der Waals surface area contributed by atoms with Gasteiger partial charge in [-0.1, -0.05) is 30.0 Å². The van der Waals surface area contributed by atoms with Crippen molar-refractivity contribution >= 4 is 44.9 Å². The van der Waals surface area contributed by atoms with Crippen molar-refractivity contribution in [2.24, 2.45) is 0 Å². The summed E-state index contributed by atoms with van der Waals surface area (Å²) in [5.41, 5.74) is 2.23. The first-order chi connectivity index (χ1) is 12.6. The number of fused-ring (bicyclic) bond motifs is 3. The number of carbonyl (C=O) groups excluding carboxylic acids is 1. The Hall–Kier alpha value is -1.92. The monoisotopic (exact) mass is 383 g/mol. The molecule has 0 fully saturated rings. The lowest BCUT2D eigenvalue weighted by molar-refractivity contribution is -0.115. The number of hydrogen-bond donors (Lipinski definition) is 1. The molecule has 1 N–H and O–H groups in total. The van der Waals surface area contributed by atoms with Gasteiger partial charge in [0.15, 0.2) is 0 Å². The molecule has 1 amide bonds. The Balaban J connectivity index is 1.62. The molecule has 0 aliphatic heterocycles. The van der Waals surface area contributed by atoms with Gasteiger partial charge in [0.1, 0.15) is 15.7 Å². The van der Waals surface area contributed by atoms with Gasteiger partial charge in [-0.15, -0.1) is 11.3 Å². The van der Waals surface area contributed by atoms with Gasteiger partial charge in [0.05, 0.1) is 5.25 Å². The molecule has 4 rings (SSSR count). The number of nitrogens with one attached hydrogen (secondary N) is 1. The molecule has 6 heteroatoms. The number of benzene rings is 1. The average molecular weight is 384 g/mol. The Kier molecular flexibility index (Phi) is 4.96. The molecule has 3 aromatic rings. The topological polar surface area (TPSA) is 54.9 Å². The molecule has 0 bridgehead atoms. The molecule has 1 aromatic carbocycles. The van der Waals surface area contributed by atoms with E-state index in [1.807, 2.05) is 44.2 Å². The summed E-state index contributed by atoms with van der Waals surface area (Å²) in [4.78, 5) is 24.5. The molecule has 1 aliphatic carbocycles. The molecule has 0 radical (unpaired) electrons. The van der Waals surface area contributed by atoms with Crippen LogP contribution in [0, 0.1) is 6.92 Å². The zero-order valence-electron chi connectivity index (χ0n) is 14.9. The fraction of sp³-hybridized carbons (Fsp3) is 0.350. The molecule has 4 nitrogen and oxygen atoms in total. The minimum Gasteiger partial charge on any atom is -0.325 e. The zero-order valence-corrected chi connectivity index (χ0v) is 16.5. The largest absolute Gasteiger partial charge is 0.325 e. The number of aromatic nitrogens is 2. The maximum absolute atomic E-state index is 12.6. The summed E-state index contributed by atoms with van der Waals surface area (Å²) in [6.07, 6.45) is 4.72. The van der Waals surface area contributed by atoms with Crippen molar-refractivity contribution in [1.29, 1.82) is 0 Å². The Morgan fingerprint density at radius 3 is 2.77 bits per heavy atom. The van der Waals surface area contributed by atoms with E-state index in [0.717, 1.165) is 34.2 Å². The Labute approximate surface area is 161 Å². The van der Waals surface area contributed by atoms with Gasteiger partial charge in [0.25, 0.3) is 0 Å². The first-order valence-corrected chi connectivity index (χ1v) is 10.6. The zero-order chi connectivity index (χ0) is 18.1. The number of thioether (sulfide) groups is 1. The van der Waals surface area contributed by atoms with Gasteiger partial charge in [0, 0.05) is 16.0 Å². The summed E-state index contributed by atoms with van der Waals surface area (Å²) in [5, 5.41) is 4.88. The molecule has 134 valence electrons. The van der Waals surface area contributed by atoms with Crippen LogP contribution in [-0.2, 0) is 17.6 Å². The third kappa shape index (κ3) is 3.48. The maximum Gasteiger partial charge on any atom is 0.237 e. The Morgan fingerprint density at radius 1 is 1.19 bits per heavy atom. The van der Waals surface area contributed by atoms with Crippen LogP contribution in [0.25, 0.3) is 10.2 Å². The minimum atomic E-state index is -0.230. The fourth-order valence-corrected chi connectivity index (χ4v) is 5.69. The van der Waals surface area contributed by atoms with E-state index in [-0.39, 0.29) is 11.2 Å². The third-order valence-corrected chi connectivity index (χ3v) is 6.86. The second-order valence-corrected chi connectivity index (χ2v) is 9.00. The number of hydrogen-bond acceptors (Lipinski definition) is 5. The van der Waals surface area contributed by atoms with E-state index in [2.05, 4.69) is 15.3 Å². The molecule has 2 heterocycles. The average Bonchev–Trinajstić information content (AvgIpc) is 3.00. The molecule has 26 heavy (non-hydrogen) atoms. The van der Waals surface area contributed by atoms with E-state index in [1.54, 1.807) is 11.3 Å². The SMILES string of the molecule is Cc1nc(S[C@H](C)C(=O)Nc2ccccc2)c2c3c(sc2n1)CCCC3. The van der Waals surface area contributed by atoms with Gasteiger partial charge in [-0.25, -0.2) is 9.97 Å². The molecule has 0 unspecified atom stereocenters. The lowest BCUT2D eigenvalue weighted by Crippen LogP contribution is -2.22. The summed E-state index contributed by atoms with van der Waals surface area (Å²) < 4.78 is 0. The van der Waals surface area contributed by atoms with Crippen LogP contribution in [0.5, 0.6) is 0 Å². The number of amides is 1. The van der Waals surface area contributed by atoms with Crippen LogP contribution in [-0.4, -0.2) is 21.1 Å². The molecular weight excluding hydrogens is 362 g/mol. The molecule has 0 saturated carbocycles. The van der Waals surface area contributed by atoms with E-state index in [0.29, 0.717) is 0 Å². The van der Waals surface area contributed by atoms with Crippen LogP contribution in [0.2, 0.25) is 0 Å². The minimum absolute atomic E-state index is 0.00490. The van der Waals surface area contributed by atoms with Crippen LogP contribution < -0.4 is 5.32 Å². The van der Waals surface area contributed by atoms with E-state index in [9.17, 15) is 4.79 Å². The second kappa shape index (κ2) is 7.37. The summed E-state index contributed by atoms with van der Waals surface area (Å²) >= 11 is 3.34. The summed E-state index contributed by atoms with van der Waals surface area (Å²) in [7, 11) is 0. The van der Waals surface area contributed by atoms with E-state index in [4.69, 9.17) is 0 Å². The van der Waals surface area contributed by atoms with Crippen molar-refractivity contribution in [2.45, 2.75) is 49.8 Å². The number of nitrogens with zero attached hydrogens (tertiary/aromatic N) is 2. The van der Waals surface area contributed by atoms with Crippen molar-refractivity contribution in [3.63, 3.8) is 0 Å². The van der Waals surface area contributed by atoms with Crippen molar-refractivity contribution in [2.75, 3.05) is 5.32 Å². The maximum atomic E-state index is 12.6. The normalized spacial score (nSPS) is 14.8. The van der Waals surface area contributed by atoms with Crippen LogP contribution in [0.4, 0.5) is 5.69 Å². The van der Waals surface area contributed by atoms with Gasteiger partial charge in [-0.2, -0.15) is 0 Å². The standard InChI is InChI=1S/C20H21N3OS2/c1-12(18(24)23-14-8-4-3-5-9-14)25-19-17-15-10-6-7-11-16(15)26-20(17)22-13(2)21-19/h3-5,8-9,12H,6-7,10-11H2,1-2H3,(H,23,24)/t12-/m1/s1. The summed E-state index contributed by atoms with van der Waals surface area (Å²) in [5.74, 6) is 0.768. The molecule has 1 aliphatic rings. The number of carbonyl (C=O) groups is 1. The summed E-state index contributed by atoms with van der Waals surface area (Å²) in [6, 6.07) is 9.58. The lowest BCUT2D eigenvalue weighted by atomic mass is 9.97. The predicted molar refractivity (Wildman–Crippen MR) is 109 cm³/mol. The molecule has 2 aromatic heterocycles. The highest BCUT2D eigenvalue weighted by Crippen LogP contribution is 2.40. The van der Waals surface area contributed by atoms with Crippen molar-refractivity contribution in [3.8, 4) is 0 Å². The Bertz CT molecular complexity index is 953. The first kappa shape index (κ1) is 17.5. The molecule has 1 atom stereocenters. The lowest BCUT2D eigenvalue weighted by Gasteiger charge is -2.14. The highest BCUT2D eigenvalue weighted by Gasteiger charge is 2.23. The van der Waals surface area contributed by atoms with Crippen LogP contribution in [0.3, 0.4) is 0 Å². The van der Waals surface area contributed by atoms with E-state index < -0.39 is 0 Å². The van der Waals surface area contributed by atoms with Gasteiger partial charge in [0.2, 0.25) is 5.91 Å². The third-order valence-electron chi connectivity index (χ3n) is 4.59. The number of rotatable bonds is 4. The number of para-hydroxylation sites is 1. The van der Waals surface area contributed by atoms with Gasteiger partial charge < -0.3 is 5.32 Å². The van der Waals surface area contributed by atoms with Crippen LogP contribution >= 0.6 is 23.1 Å². The Morgan fingerprint density at radius 2 is 1.96 bits per heavy atom. The first-order valence-electron chi connectivity index (χ1n) is 8.93. The van der Waals surface area contributed by atoms with Crippen LogP contribution in [0.15, 0.2) is 35.4 Å².